The highest BCUT2D eigenvalue weighted by atomic mass is 32.1. The van der Waals surface area contributed by atoms with Crippen molar-refractivity contribution in [3.8, 4) is 11.5 Å². The number of carbonyl (C=O) groups excluding carboxylic acids is 1. The Labute approximate surface area is 179 Å². The summed E-state index contributed by atoms with van der Waals surface area (Å²) < 4.78 is 13.2. The molecule has 7 heteroatoms. The molecule has 0 saturated heterocycles. The Kier molecular flexibility index (Phi) is 5.72. The Morgan fingerprint density at radius 1 is 1.10 bits per heavy atom. The monoisotopic (exact) mass is 421 g/mol. The number of fused-ring (bicyclic) bond motifs is 1. The summed E-state index contributed by atoms with van der Waals surface area (Å²) >= 11 is 1.45. The lowest BCUT2D eigenvalue weighted by molar-refractivity contribution is 0.0955. The van der Waals surface area contributed by atoms with E-state index in [0.717, 1.165) is 27.0 Å². The van der Waals surface area contributed by atoms with Crippen molar-refractivity contribution in [2.24, 2.45) is 7.05 Å². The smallest absolute Gasteiger partial charge is 0.261 e. The van der Waals surface area contributed by atoms with E-state index in [1.165, 1.54) is 11.3 Å². The van der Waals surface area contributed by atoms with E-state index in [0.29, 0.717) is 29.5 Å². The number of methoxy groups -OCH3 is 1. The highest BCUT2D eigenvalue weighted by Gasteiger charge is 2.15. The number of benzene rings is 2. The molecule has 4 rings (SSSR count). The third kappa shape index (κ3) is 4.16. The number of thiophene rings is 1. The molecule has 0 fully saturated rings. The van der Waals surface area contributed by atoms with E-state index >= 15 is 0 Å². The molecule has 30 heavy (non-hydrogen) atoms. The van der Waals surface area contributed by atoms with Crippen LogP contribution in [0.25, 0.3) is 10.2 Å². The molecule has 154 valence electrons. The van der Waals surface area contributed by atoms with Crippen molar-refractivity contribution >= 4 is 27.5 Å². The molecule has 2 aromatic heterocycles. The number of hydrogen-bond acceptors (Lipinski definition) is 5. The first-order valence-corrected chi connectivity index (χ1v) is 10.4. The van der Waals surface area contributed by atoms with Crippen LogP contribution in [0.5, 0.6) is 11.5 Å². The van der Waals surface area contributed by atoms with Crippen LogP contribution >= 0.6 is 11.3 Å². The number of ether oxygens (including phenoxy) is 2. The molecular formula is C23H23N3O3S. The largest absolute Gasteiger partial charge is 0.493 e. The molecule has 4 aromatic rings. The molecule has 0 spiro atoms. The Morgan fingerprint density at radius 3 is 2.63 bits per heavy atom. The number of carbonyl (C=O) groups is 1. The number of aryl methyl sites for hydroxylation is 2. The molecule has 0 unspecified atom stereocenters. The van der Waals surface area contributed by atoms with E-state index < -0.39 is 0 Å². The molecule has 6 nitrogen and oxygen atoms in total. The first-order valence-electron chi connectivity index (χ1n) is 9.60. The zero-order valence-electron chi connectivity index (χ0n) is 17.1. The summed E-state index contributed by atoms with van der Waals surface area (Å²) in [6, 6.07) is 17.6. The summed E-state index contributed by atoms with van der Waals surface area (Å²) in [6.45, 7) is 2.82. The van der Waals surface area contributed by atoms with Crippen molar-refractivity contribution < 1.29 is 14.3 Å². The summed E-state index contributed by atoms with van der Waals surface area (Å²) in [5.74, 6) is 1.21. The van der Waals surface area contributed by atoms with Gasteiger partial charge in [0.15, 0.2) is 11.5 Å². The molecule has 2 aromatic carbocycles. The van der Waals surface area contributed by atoms with Crippen LogP contribution in [0.4, 0.5) is 0 Å². The van der Waals surface area contributed by atoms with Crippen molar-refractivity contribution in [2.45, 2.75) is 20.1 Å². The van der Waals surface area contributed by atoms with E-state index in [2.05, 4.69) is 10.4 Å². The molecule has 0 atom stereocenters. The van der Waals surface area contributed by atoms with E-state index in [4.69, 9.17) is 9.47 Å². The van der Waals surface area contributed by atoms with Crippen LogP contribution in [0.1, 0.15) is 26.5 Å². The Bertz CT molecular complexity index is 1150. The van der Waals surface area contributed by atoms with E-state index in [-0.39, 0.29) is 5.91 Å². The Hall–Kier alpha value is -3.32. The van der Waals surface area contributed by atoms with Crippen molar-refractivity contribution in [2.75, 3.05) is 7.11 Å². The predicted octanol–water partition coefficient (Wildman–Crippen LogP) is 4.46. The highest BCUT2D eigenvalue weighted by molar-refractivity contribution is 7.20. The minimum atomic E-state index is -0.0982. The molecule has 1 N–H and O–H groups in total. The van der Waals surface area contributed by atoms with Crippen LogP contribution in [-0.4, -0.2) is 22.8 Å². The van der Waals surface area contributed by atoms with E-state index in [1.54, 1.807) is 7.11 Å². The first-order chi connectivity index (χ1) is 14.5. The minimum absolute atomic E-state index is 0.0982. The van der Waals surface area contributed by atoms with Crippen LogP contribution in [0.2, 0.25) is 0 Å². The molecule has 0 aliphatic carbocycles. The van der Waals surface area contributed by atoms with Gasteiger partial charge in [0.05, 0.1) is 17.7 Å². The van der Waals surface area contributed by atoms with Gasteiger partial charge in [-0.15, -0.1) is 11.3 Å². The van der Waals surface area contributed by atoms with E-state index in [9.17, 15) is 4.79 Å². The van der Waals surface area contributed by atoms with Crippen molar-refractivity contribution in [3.05, 3.63) is 76.3 Å². The number of nitrogens with zero attached hydrogens (tertiary/aromatic N) is 2. The van der Waals surface area contributed by atoms with Gasteiger partial charge in [-0.2, -0.15) is 5.10 Å². The highest BCUT2D eigenvalue weighted by Crippen LogP contribution is 2.30. The Morgan fingerprint density at radius 2 is 1.90 bits per heavy atom. The molecule has 1 amide bonds. The summed E-state index contributed by atoms with van der Waals surface area (Å²) in [6.07, 6.45) is 0. The average molecular weight is 422 g/mol. The predicted molar refractivity (Wildman–Crippen MR) is 118 cm³/mol. The topological polar surface area (TPSA) is 65.4 Å². The lowest BCUT2D eigenvalue weighted by atomic mass is 10.2. The number of hydrogen-bond donors (Lipinski definition) is 1. The first kappa shape index (κ1) is 20.0. The summed E-state index contributed by atoms with van der Waals surface area (Å²) in [5, 5.41) is 8.38. The van der Waals surface area contributed by atoms with Crippen molar-refractivity contribution in [1.82, 2.24) is 15.1 Å². The third-order valence-electron chi connectivity index (χ3n) is 4.84. The SMILES string of the molecule is COc1cc(CNC(=O)c2cc3c(C)nn(C)c3s2)ccc1OCc1ccccc1. The van der Waals surface area contributed by atoms with Gasteiger partial charge in [0.25, 0.3) is 5.91 Å². The number of amides is 1. The van der Waals surface area contributed by atoms with Crippen molar-refractivity contribution in [3.63, 3.8) is 0 Å². The summed E-state index contributed by atoms with van der Waals surface area (Å²) in [4.78, 5) is 14.3. The molecule has 0 bridgehead atoms. The quantitative estimate of drug-likeness (QED) is 0.478. The molecule has 0 radical (unpaired) electrons. The maximum absolute atomic E-state index is 12.6. The van der Waals surface area contributed by atoms with Crippen LogP contribution in [-0.2, 0) is 20.2 Å². The fourth-order valence-electron chi connectivity index (χ4n) is 3.26. The second-order valence-electron chi connectivity index (χ2n) is 6.98. The van der Waals surface area contributed by atoms with Gasteiger partial charge >= 0.3 is 0 Å². The normalized spacial score (nSPS) is 10.9. The van der Waals surface area contributed by atoms with Gasteiger partial charge in [-0.3, -0.25) is 9.48 Å². The van der Waals surface area contributed by atoms with Crippen LogP contribution in [0, 0.1) is 6.92 Å². The molecule has 0 aliphatic rings. The fourth-order valence-corrected chi connectivity index (χ4v) is 4.30. The minimum Gasteiger partial charge on any atom is -0.493 e. The Balaban J connectivity index is 1.41. The van der Waals surface area contributed by atoms with Gasteiger partial charge in [0, 0.05) is 19.0 Å². The second kappa shape index (κ2) is 8.59. The van der Waals surface area contributed by atoms with Gasteiger partial charge in [-0.05, 0) is 36.2 Å². The van der Waals surface area contributed by atoms with Gasteiger partial charge in [0.1, 0.15) is 11.4 Å². The van der Waals surface area contributed by atoms with Gasteiger partial charge < -0.3 is 14.8 Å². The van der Waals surface area contributed by atoms with Gasteiger partial charge in [-0.1, -0.05) is 36.4 Å². The zero-order valence-corrected chi connectivity index (χ0v) is 18.0. The summed E-state index contributed by atoms with van der Waals surface area (Å²) in [7, 11) is 3.50. The third-order valence-corrected chi connectivity index (χ3v) is 6.04. The standard InChI is InChI=1S/C23H23N3O3S/c1-15-18-12-21(30-23(18)26(2)25-15)22(27)24-13-17-9-10-19(20(11-17)28-3)29-14-16-7-5-4-6-8-16/h4-12H,13-14H2,1-3H3,(H,24,27). The number of rotatable bonds is 7. The molecule has 0 aliphatic heterocycles. The zero-order chi connectivity index (χ0) is 21.1. The van der Waals surface area contributed by atoms with Crippen molar-refractivity contribution in [1.29, 1.82) is 0 Å². The summed E-state index contributed by atoms with van der Waals surface area (Å²) in [5.41, 5.74) is 2.95. The van der Waals surface area contributed by atoms with Gasteiger partial charge in [-0.25, -0.2) is 0 Å². The average Bonchev–Trinajstić information content (AvgIpc) is 3.32. The molecule has 2 heterocycles. The molecule has 0 saturated carbocycles. The molecular weight excluding hydrogens is 398 g/mol. The van der Waals surface area contributed by atoms with Gasteiger partial charge in [0.2, 0.25) is 0 Å². The maximum Gasteiger partial charge on any atom is 0.261 e. The maximum atomic E-state index is 12.6. The number of aromatic nitrogens is 2. The van der Waals surface area contributed by atoms with Crippen LogP contribution < -0.4 is 14.8 Å². The lowest BCUT2D eigenvalue weighted by Crippen LogP contribution is -2.21. The second-order valence-corrected chi connectivity index (χ2v) is 8.01. The lowest BCUT2D eigenvalue weighted by Gasteiger charge is -2.12. The van der Waals surface area contributed by atoms with Crippen LogP contribution in [0.3, 0.4) is 0 Å². The number of nitrogens with one attached hydrogen (secondary N) is 1. The van der Waals surface area contributed by atoms with Crippen LogP contribution in [0.15, 0.2) is 54.6 Å². The fraction of sp³-hybridized carbons (Fsp3) is 0.217. The van der Waals surface area contributed by atoms with E-state index in [1.807, 2.05) is 73.3 Å².